The molecule has 0 aliphatic rings. The minimum atomic E-state index is -6.09. The van der Waals surface area contributed by atoms with Crippen LogP contribution < -0.4 is 0 Å². The maximum absolute atomic E-state index is 13.2. The van der Waals surface area contributed by atoms with E-state index >= 15 is 0 Å². The van der Waals surface area contributed by atoms with Gasteiger partial charge in [0.05, 0.1) is 0 Å². The highest BCUT2D eigenvalue weighted by molar-refractivity contribution is 7.87. The topological polar surface area (TPSA) is 349 Å². The Morgan fingerprint density at radius 1 is 0.551 bits per heavy atom. The van der Waals surface area contributed by atoms with E-state index in [9.17, 15) is 75.8 Å². The molecule has 10 N–H and O–H groups in total. The number of aromatic nitrogens is 2. The van der Waals surface area contributed by atoms with E-state index in [1.165, 1.54) is 0 Å². The van der Waals surface area contributed by atoms with E-state index in [-0.39, 0.29) is 60.5 Å². The largest absolute Gasteiger partial charge is 0.494 e. The van der Waals surface area contributed by atoms with Crippen LogP contribution in [0.5, 0.6) is 23.5 Å². The van der Waals surface area contributed by atoms with Crippen molar-refractivity contribution in [2.45, 2.75) is 80.4 Å². The SMILES string of the molecule is O=C(O)CCCCCC(CC(CCCCCC(=O)O)C(C(=O)O)(n1c(O)ccc1O)S(=O)(=O)O)C(C(=O)O)(n1c(O)ccc1O)S(=O)(=O)O. The Morgan fingerprint density at radius 3 is 1.06 bits per heavy atom. The summed E-state index contributed by atoms with van der Waals surface area (Å²) in [5.41, 5.74) is 0. The lowest BCUT2D eigenvalue weighted by Gasteiger charge is -2.42. The molecule has 0 saturated carbocycles. The van der Waals surface area contributed by atoms with Crippen LogP contribution in [0.2, 0.25) is 0 Å². The van der Waals surface area contributed by atoms with Crippen LogP contribution >= 0.6 is 0 Å². The van der Waals surface area contributed by atoms with Crippen molar-refractivity contribution in [3.8, 4) is 23.5 Å². The van der Waals surface area contributed by atoms with Crippen molar-refractivity contribution in [2.75, 3.05) is 0 Å². The molecule has 0 aliphatic heterocycles. The summed E-state index contributed by atoms with van der Waals surface area (Å²) in [5, 5.41) is 81.1. The highest BCUT2D eigenvalue weighted by atomic mass is 32.2. The van der Waals surface area contributed by atoms with Gasteiger partial charge in [0.25, 0.3) is 9.74 Å². The predicted octanol–water partition coefficient (Wildman–Crippen LogP) is 1.76. The van der Waals surface area contributed by atoms with Crippen LogP contribution in [0.1, 0.15) is 70.6 Å². The van der Waals surface area contributed by atoms with Gasteiger partial charge in [-0.3, -0.25) is 27.8 Å². The van der Waals surface area contributed by atoms with Crippen molar-refractivity contribution in [3.05, 3.63) is 24.3 Å². The molecule has 2 aromatic heterocycles. The standard InChI is InChI=1S/C27H38N2O18S2/c30-18-11-12-19(31)28(18)26(24(38)39,48(42,43)44)16(7-3-1-5-9-22(34)35)15-17(8-4-2-6-10-23(36)37)27(25(40)41,49(45,46)47)29-20(32)13-14-21(29)33/h11-14,16-17,30-33H,1-10,15H2,(H,34,35)(H,36,37)(H,38,39)(H,40,41)(H,42,43,44)(H,45,46,47). The van der Waals surface area contributed by atoms with Gasteiger partial charge in [0.15, 0.2) is 23.5 Å². The van der Waals surface area contributed by atoms with E-state index in [1.807, 2.05) is 0 Å². The summed E-state index contributed by atoms with van der Waals surface area (Å²) in [6.45, 7) is 0. The second kappa shape index (κ2) is 15.8. The fourth-order valence-electron chi connectivity index (χ4n) is 6.27. The van der Waals surface area contributed by atoms with E-state index in [2.05, 4.69) is 0 Å². The van der Waals surface area contributed by atoms with E-state index in [0.29, 0.717) is 24.3 Å². The summed E-state index contributed by atoms with van der Waals surface area (Å²) >= 11 is 0. The summed E-state index contributed by atoms with van der Waals surface area (Å²) in [6, 6.07) is 2.60. The van der Waals surface area contributed by atoms with E-state index in [1.54, 1.807) is 0 Å². The molecule has 2 rings (SSSR count). The lowest BCUT2D eigenvalue weighted by atomic mass is 9.78. The van der Waals surface area contributed by atoms with E-state index < -0.39 is 108 Å². The number of aromatic hydroxyl groups is 4. The minimum absolute atomic E-state index is 0.0454. The molecule has 22 heteroatoms. The van der Waals surface area contributed by atoms with Crippen molar-refractivity contribution < 1.29 is 86.0 Å². The number of hydrogen-bond acceptors (Lipinski definition) is 12. The normalized spacial score (nSPS) is 15.9. The van der Waals surface area contributed by atoms with Gasteiger partial charge in [0, 0.05) is 48.9 Å². The Hall–Kier alpha value is -4.54. The Balaban J connectivity index is 3.01. The van der Waals surface area contributed by atoms with Crippen molar-refractivity contribution in [1.82, 2.24) is 9.13 Å². The highest BCUT2D eigenvalue weighted by Gasteiger charge is 2.65. The number of carboxylic acid groups (broad SMARTS) is 4. The Bertz CT molecular complexity index is 1580. The first-order chi connectivity index (χ1) is 22.6. The van der Waals surface area contributed by atoms with Crippen LogP contribution in [-0.4, -0.2) is 99.8 Å². The molecule has 0 saturated heterocycles. The van der Waals surface area contributed by atoms with Crippen molar-refractivity contribution >= 4 is 44.1 Å². The third-order valence-electron chi connectivity index (χ3n) is 8.31. The number of nitrogens with zero attached hydrogens (tertiary/aromatic N) is 2. The molecule has 2 aromatic rings. The third-order valence-corrected chi connectivity index (χ3v) is 11.3. The number of carbonyl (C=O) groups is 4. The molecule has 49 heavy (non-hydrogen) atoms. The molecule has 0 aromatic carbocycles. The summed E-state index contributed by atoms with van der Waals surface area (Å²) < 4.78 is 73.8. The summed E-state index contributed by atoms with van der Waals surface area (Å²) in [6.07, 6.45) is -4.14. The Morgan fingerprint density at radius 2 is 0.837 bits per heavy atom. The molecule has 2 heterocycles. The van der Waals surface area contributed by atoms with E-state index in [4.69, 9.17) is 10.2 Å². The first kappa shape index (κ1) is 40.6. The van der Waals surface area contributed by atoms with E-state index in [0.717, 1.165) is 0 Å². The highest BCUT2D eigenvalue weighted by Crippen LogP contribution is 2.50. The zero-order chi connectivity index (χ0) is 37.5. The number of carboxylic acids is 4. The van der Waals surface area contributed by atoms with Gasteiger partial charge in [-0.05, 0) is 32.1 Å². The van der Waals surface area contributed by atoms with Gasteiger partial charge in [-0.1, -0.05) is 25.7 Å². The monoisotopic (exact) mass is 742 g/mol. The summed E-state index contributed by atoms with van der Waals surface area (Å²) in [7, 11) is -12.2. The van der Waals surface area contributed by atoms with Crippen molar-refractivity contribution in [3.63, 3.8) is 0 Å². The smallest absolute Gasteiger partial charge is 0.349 e. The molecular weight excluding hydrogens is 704 g/mol. The zero-order valence-corrected chi connectivity index (χ0v) is 27.3. The fraction of sp³-hybridized carbons (Fsp3) is 0.556. The molecule has 0 aliphatic carbocycles. The van der Waals surface area contributed by atoms with Gasteiger partial charge in [0.2, 0.25) is 0 Å². The van der Waals surface area contributed by atoms with Crippen LogP contribution in [-0.2, 0) is 49.2 Å². The van der Waals surface area contributed by atoms with Crippen LogP contribution in [0.4, 0.5) is 0 Å². The van der Waals surface area contributed by atoms with Gasteiger partial charge in [-0.25, -0.2) is 9.59 Å². The van der Waals surface area contributed by atoms with Crippen molar-refractivity contribution in [1.29, 1.82) is 0 Å². The maximum Gasteiger partial charge on any atom is 0.349 e. The van der Waals surface area contributed by atoms with Crippen LogP contribution in [0.25, 0.3) is 0 Å². The Labute approximate surface area is 279 Å². The lowest BCUT2D eigenvalue weighted by Crippen LogP contribution is -2.58. The quantitative estimate of drug-likeness (QED) is 0.0606. The molecule has 0 fully saturated rings. The molecule has 0 bridgehead atoms. The summed E-state index contributed by atoms with van der Waals surface area (Å²) in [5.74, 6) is -16.8. The molecule has 0 amide bonds. The molecule has 276 valence electrons. The van der Waals surface area contributed by atoms with Gasteiger partial charge in [-0.2, -0.15) is 16.8 Å². The van der Waals surface area contributed by atoms with Crippen LogP contribution in [0, 0.1) is 11.8 Å². The van der Waals surface area contributed by atoms with Gasteiger partial charge in [0.1, 0.15) is 0 Å². The minimum Gasteiger partial charge on any atom is -0.494 e. The zero-order valence-electron chi connectivity index (χ0n) is 25.7. The average molecular weight is 743 g/mol. The molecule has 20 nitrogen and oxygen atoms in total. The number of unbranched alkanes of at least 4 members (excludes halogenated alkanes) is 4. The van der Waals surface area contributed by atoms with Gasteiger partial charge < -0.3 is 40.9 Å². The van der Waals surface area contributed by atoms with Gasteiger partial charge in [-0.15, -0.1) is 0 Å². The van der Waals surface area contributed by atoms with Crippen molar-refractivity contribution in [2.24, 2.45) is 11.8 Å². The first-order valence-electron chi connectivity index (χ1n) is 14.6. The first-order valence-corrected chi connectivity index (χ1v) is 17.5. The predicted molar refractivity (Wildman–Crippen MR) is 163 cm³/mol. The molecule has 4 unspecified atom stereocenters. The molecule has 0 spiro atoms. The molecule has 4 atom stereocenters. The second-order valence-electron chi connectivity index (χ2n) is 11.3. The molecule has 0 radical (unpaired) electrons. The van der Waals surface area contributed by atoms with Gasteiger partial charge >= 0.3 is 44.1 Å². The summed E-state index contributed by atoms with van der Waals surface area (Å²) in [4.78, 5) is 40.5. The lowest BCUT2D eigenvalue weighted by molar-refractivity contribution is -0.148. The molecular formula is C27H38N2O18S2. The average Bonchev–Trinajstić information content (AvgIpc) is 3.46. The number of hydrogen-bond donors (Lipinski definition) is 10. The fourth-order valence-corrected chi connectivity index (χ4v) is 8.81. The Kier molecular flexibility index (Phi) is 13.1. The van der Waals surface area contributed by atoms with Crippen LogP contribution in [0.3, 0.4) is 0 Å². The number of aliphatic carboxylic acids is 4. The van der Waals surface area contributed by atoms with Crippen LogP contribution in [0.15, 0.2) is 24.3 Å². The number of rotatable bonds is 22. The third kappa shape index (κ3) is 8.20. The second-order valence-corrected chi connectivity index (χ2v) is 14.5. The maximum atomic E-state index is 13.2.